The summed E-state index contributed by atoms with van der Waals surface area (Å²) >= 11 is 1.39. The highest BCUT2D eigenvalue weighted by molar-refractivity contribution is 7.99. The summed E-state index contributed by atoms with van der Waals surface area (Å²) in [5.74, 6) is 0.531. The highest BCUT2D eigenvalue weighted by Gasteiger charge is 2.15. The highest BCUT2D eigenvalue weighted by atomic mass is 32.2. The quantitative estimate of drug-likeness (QED) is 0.866. The van der Waals surface area contributed by atoms with Gasteiger partial charge in [0.1, 0.15) is 16.6 Å². The average molecular weight is 268 g/mol. The van der Waals surface area contributed by atoms with Crippen LogP contribution < -0.4 is 0 Å². The van der Waals surface area contributed by atoms with Crippen LogP contribution >= 0.6 is 11.8 Å². The molecule has 1 aromatic heterocycles. The summed E-state index contributed by atoms with van der Waals surface area (Å²) in [6.07, 6.45) is 0. The number of methoxy groups -OCH3 is 1. The fourth-order valence-corrected chi connectivity index (χ4v) is 2.33. The van der Waals surface area contributed by atoms with E-state index in [0.717, 1.165) is 0 Å². The van der Waals surface area contributed by atoms with Gasteiger partial charge in [-0.15, -0.1) is 11.8 Å². The summed E-state index contributed by atoms with van der Waals surface area (Å²) in [6.45, 7) is 1.76. The van der Waals surface area contributed by atoms with Crippen LogP contribution in [0.25, 0.3) is 11.0 Å². The summed E-state index contributed by atoms with van der Waals surface area (Å²) in [5.41, 5.74) is 0.996. The number of ether oxygens (including phenoxy) is 1. The first-order valence-electron chi connectivity index (χ1n) is 5.44. The number of benzene rings is 1. The highest BCUT2D eigenvalue weighted by Crippen LogP contribution is 2.20. The first kappa shape index (κ1) is 12.9. The van der Waals surface area contributed by atoms with Gasteiger partial charge in [0, 0.05) is 0 Å². The van der Waals surface area contributed by atoms with Crippen LogP contribution in [0.3, 0.4) is 0 Å². The molecule has 0 fully saturated rings. The molecule has 1 N–H and O–H groups in total. The number of hydrogen-bond donors (Lipinski definition) is 1. The van der Waals surface area contributed by atoms with E-state index in [2.05, 4.69) is 14.7 Å². The van der Waals surface area contributed by atoms with Crippen LogP contribution in [0.15, 0.2) is 18.2 Å². The molecular weight excluding hydrogens is 255 g/mol. The number of fused-ring (bicyclic) bond motifs is 1. The number of nitrogens with one attached hydrogen (secondary N) is 1. The topological polar surface area (TPSA) is 55.0 Å². The zero-order valence-electron chi connectivity index (χ0n) is 10.1. The molecule has 1 heterocycles. The van der Waals surface area contributed by atoms with E-state index < -0.39 is 0 Å². The lowest BCUT2D eigenvalue weighted by Gasteiger charge is -2.06. The molecule has 0 aliphatic carbocycles. The predicted octanol–water partition coefficient (Wildman–Crippen LogP) is 2.50. The van der Waals surface area contributed by atoms with Crippen LogP contribution in [-0.2, 0) is 15.3 Å². The van der Waals surface area contributed by atoms with Crippen molar-refractivity contribution in [1.82, 2.24) is 9.97 Å². The van der Waals surface area contributed by atoms with E-state index in [4.69, 9.17) is 0 Å². The minimum absolute atomic E-state index is 0.270. The smallest absolute Gasteiger partial charge is 0.318 e. The second kappa shape index (κ2) is 5.39. The van der Waals surface area contributed by atoms with Crippen LogP contribution in [0.4, 0.5) is 4.39 Å². The van der Waals surface area contributed by atoms with E-state index >= 15 is 0 Å². The van der Waals surface area contributed by atoms with E-state index in [1.807, 2.05) is 0 Å². The minimum atomic E-state index is -0.346. The Hall–Kier alpha value is -1.56. The number of rotatable bonds is 4. The van der Waals surface area contributed by atoms with Gasteiger partial charge < -0.3 is 9.72 Å². The Morgan fingerprint density at radius 1 is 1.61 bits per heavy atom. The monoisotopic (exact) mass is 268 g/mol. The standard InChI is InChI=1S/C12H13FN2O2S/c1-7(12(16)17-2)18-6-10-14-9-5-3-4-8(13)11(9)15-10/h3-5,7H,6H2,1-2H3,(H,14,15)/t7-/m0/s1. The van der Waals surface area contributed by atoms with Gasteiger partial charge in [0.25, 0.3) is 0 Å². The zero-order chi connectivity index (χ0) is 13.1. The fraction of sp³-hybridized carbons (Fsp3) is 0.333. The molecule has 4 nitrogen and oxygen atoms in total. The summed E-state index contributed by atoms with van der Waals surface area (Å²) < 4.78 is 18.0. The number of para-hydroxylation sites is 1. The van der Waals surface area contributed by atoms with Crippen molar-refractivity contribution < 1.29 is 13.9 Å². The largest absolute Gasteiger partial charge is 0.468 e. The second-order valence-corrected chi connectivity index (χ2v) is 5.13. The van der Waals surface area contributed by atoms with Crippen molar-refractivity contribution in [2.75, 3.05) is 7.11 Å². The number of carbonyl (C=O) groups excluding carboxylic acids is 1. The van der Waals surface area contributed by atoms with Gasteiger partial charge in [0.15, 0.2) is 5.82 Å². The van der Waals surface area contributed by atoms with Crippen LogP contribution in [0.5, 0.6) is 0 Å². The van der Waals surface area contributed by atoms with Crippen molar-refractivity contribution in [1.29, 1.82) is 0 Å². The van der Waals surface area contributed by atoms with Gasteiger partial charge in [-0.2, -0.15) is 0 Å². The molecule has 0 spiro atoms. The van der Waals surface area contributed by atoms with E-state index in [0.29, 0.717) is 22.6 Å². The molecule has 2 rings (SSSR count). The van der Waals surface area contributed by atoms with Gasteiger partial charge in [0.2, 0.25) is 0 Å². The van der Waals surface area contributed by atoms with E-state index in [1.54, 1.807) is 19.1 Å². The molecule has 0 amide bonds. The van der Waals surface area contributed by atoms with E-state index in [-0.39, 0.29) is 17.0 Å². The Balaban J connectivity index is 2.09. The van der Waals surface area contributed by atoms with E-state index in [9.17, 15) is 9.18 Å². The molecule has 18 heavy (non-hydrogen) atoms. The van der Waals surface area contributed by atoms with Crippen molar-refractivity contribution >= 4 is 28.8 Å². The van der Waals surface area contributed by atoms with Crippen LogP contribution in [0.1, 0.15) is 12.7 Å². The van der Waals surface area contributed by atoms with Gasteiger partial charge in [-0.25, -0.2) is 9.37 Å². The molecule has 2 aromatic rings. The Morgan fingerprint density at radius 2 is 2.39 bits per heavy atom. The number of halogens is 1. The maximum Gasteiger partial charge on any atom is 0.318 e. The summed E-state index contributed by atoms with van der Waals surface area (Å²) in [5, 5.41) is -0.270. The Morgan fingerprint density at radius 3 is 3.06 bits per heavy atom. The van der Waals surface area contributed by atoms with Crippen molar-refractivity contribution in [2.24, 2.45) is 0 Å². The van der Waals surface area contributed by atoms with Gasteiger partial charge in [-0.1, -0.05) is 6.07 Å². The first-order valence-corrected chi connectivity index (χ1v) is 6.49. The lowest BCUT2D eigenvalue weighted by atomic mass is 10.3. The zero-order valence-corrected chi connectivity index (χ0v) is 10.9. The van der Waals surface area contributed by atoms with Crippen molar-refractivity contribution in [3.8, 4) is 0 Å². The van der Waals surface area contributed by atoms with Gasteiger partial charge in [-0.05, 0) is 19.1 Å². The number of thioether (sulfide) groups is 1. The van der Waals surface area contributed by atoms with E-state index in [1.165, 1.54) is 24.9 Å². The molecule has 6 heteroatoms. The lowest BCUT2D eigenvalue weighted by Crippen LogP contribution is -2.14. The molecule has 96 valence electrons. The molecule has 0 aliphatic heterocycles. The third kappa shape index (κ3) is 2.64. The van der Waals surface area contributed by atoms with Crippen LogP contribution in [0.2, 0.25) is 0 Å². The van der Waals surface area contributed by atoms with Crippen molar-refractivity contribution in [3.05, 3.63) is 29.8 Å². The van der Waals surface area contributed by atoms with Gasteiger partial charge in [-0.3, -0.25) is 4.79 Å². The number of nitrogens with zero attached hydrogens (tertiary/aromatic N) is 1. The molecule has 0 bridgehead atoms. The molecule has 1 atom stereocenters. The Bertz CT molecular complexity index is 570. The number of hydrogen-bond acceptors (Lipinski definition) is 4. The van der Waals surface area contributed by atoms with Crippen LogP contribution in [-0.4, -0.2) is 28.3 Å². The molecule has 0 saturated carbocycles. The molecule has 0 unspecified atom stereocenters. The molecule has 1 aromatic carbocycles. The number of imidazole rings is 1. The predicted molar refractivity (Wildman–Crippen MR) is 68.8 cm³/mol. The third-order valence-corrected chi connectivity index (χ3v) is 3.65. The number of esters is 1. The Labute approximate surface area is 108 Å². The SMILES string of the molecule is COC(=O)[C@H](C)SCc1nc2c(F)cccc2[nH]1. The Kier molecular flexibility index (Phi) is 3.86. The summed E-state index contributed by atoms with van der Waals surface area (Å²) in [6, 6.07) is 4.77. The minimum Gasteiger partial charge on any atom is -0.468 e. The number of aromatic amines is 1. The van der Waals surface area contributed by atoms with Gasteiger partial charge >= 0.3 is 5.97 Å². The van der Waals surface area contributed by atoms with Gasteiger partial charge in [0.05, 0.1) is 18.4 Å². The maximum absolute atomic E-state index is 13.4. The molecule has 0 saturated heterocycles. The second-order valence-electron chi connectivity index (χ2n) is 3.80. The molecule has 0 radical (unpaired) electrons. The number of H-pyrrole nitrogens is 1. The number of aromatic nitrogens is 2. The lowest BCUT2D eigenvalue weighted by molar-refractivity contribution is -0.139. The normalized spacial score (nSPS) is 12.6. The third-order valence-electron chi connectivity index (χ3n) is 2.52. The maximum atomic E-state index is 13.4. The van der Waals surface area contributed by atoms with Crippen molar-refractivity contribution in [2.45, 2.75) is 17.9 Å². The fourth-order valence-electron chi connectivity index (χ4n) is 1.55. The van der Waals surface area contributed by atoms with Crippen molar-refractivity contribution in [3.63, 3.8) is 0 Å². The summed E-state index contributed by atoms with van der Waals surface area (Å²) in [4.78, 5) is 18.4. The molecular formula is C12H13FN2O2S. The number of carbonyl (C=O) groups is 1. The molecule has 0 aliphatic rings. The van der Waals surface area contributed by atoms with Crippen LogP contribution in [0, 0.1) is 5.82 Å². The average Bonchev–Trinajstić information content (AvgIpc) is 2.79. The first-order chi connectivity index (χ1) is 8.61. The summed E-state index contributed by atoms with van der Waals surface area (Å²) in [7, 11) is 1.36.